The highest BCUT2D eigenvalue weighted by Crippen LogP contribution is 2.37. The molecule has 1 unspecified atom stereocenters. The highest BCUT2D eigenvalue weighted by molar-refractivity contribution is 6.35. The summed E-state index contributed by atoms with van der Waals surface area (Å²) in [6, 6.07) is 3.22. The highest BCUT2D eigenvalue weighted by Gasteiger charge is 2.16. The summed E-state index contributed by atoms with van der Waals surface area (Å²) in [5, 5.41) is 0.366. The van der Waals surface area contributed by atoms with Gasteiger partial charge in [0.2, 0.25) is 0 Å². The second-order valence-electron chi connectivity index (χ2n) is 3.96. The summed E-state index contributed by atoms with van der Waals surface area (Å²) in [6.07, 6.45) is -2.12. The molecule has 0 saturated heterocycles. The SMILES string of the molecule is CCOc1cc(Cl)c(C(Cl)CCOCC(F)F)cc1Cl. The molecular formula is C13H15Cl3F2O2. The van der Waals surface area contributed by atoms with Crippen LogP contribution in [0.25, 0.3) is 0 Å². The van der Waals surface area contributed by atoms with Crippen molar-refractivity contribution < 1.29 is 18.3 Å². The van der Waals surface area contributed by atoms with Gasteiger partial charge >= 0.3 is 0 Å². The normalized spacial score (nSPS) is 12.8. The predicted molar refractivity (Wildman–Crippen MR) is 77.7 cm³/mol. The summed E-state index contributed by atoms with van der Waals surface area (Å²) in [4.78, 5) is 0. The van der Waals surface area contributed by atoms with Gasteiger partial charge in [-0.25, -0.2) is 8.78 Å². The summed E-state index contributed by atoms with van der Waals surface area (Å²) in [7, 11) is 0. The Labute approximate surface area is 131 Å². The van der Waals surface area contributed by atoms with E-state index in [1.807, 2.05) is 6.92 Å². The number of alkyl halides is 3. The van der Waals surface area contributed by atoms with Crippen LogP contribution in [0, 0.1) is 0 Å². The minimum atomic E-state index is -2.48. The molecule has 114 valence electrons. The van der Waals surface area contributed by atoms with E-state index < -0.39 is 18.4 Å². The van der Waals surface area contributed by atoms with Crippen LogP contribution in [0.15, 0.2) is 12.1 Å². The molecule has 0 spiro atoms. The molecule has 0 bridgehead atoms. The molecule has 0 amide bonds. The fraction of sp³-hybridized carbons (Fsp3) is 0.538. The molecule has 0 saturated carbocycles. The first-order valence-corrected chi connectivity index (χ1v) is 7.26. The lowest BCUT2D eigenvalue weighted by Crippen LogP contribution is -2.07. The van der Waals surface area contributed by atoms with Crippen molar-refractivity contribution in [3.63, 3.8) is 0 Å². The molecule has 1 aromatic carbocycles. The summed E-state index contributed by atoms with van der Waals surface area (Å²) in [6.45, 7) is 1.84. The van der Waals surface area contributed by atoms with E-state index in [-0.39, 0.29) is 6.61 Å². The van der Waals surface area contributed by atoms with Crippen molar-refractivity contribution in [1.29, 1.82) is 0 Å². The molecule has 0 fully saturated rings. The first-order chi connectivity index (χ1) is 9.45. The van der Waals surface area contributed by atoms with Gasteiger partial charge in [0.25, 0.3) is 6.43 Å². The Bertz CT molecular complexity index is 430. The van der Waals surface area contributed by atoms with Crippen molar-refractivity contribution in [2.24, 2.45) is 0 Å². The van der Waals surface area contributed by atoms with Crippen molar-refractivity contribution >= 4 is 34.8 Å². The third-order valence-corrected chi connectivity index (χ3v) is 3.52. The van der Waals surface area contributed by atoms with E-state index in [0.717, 1.165) is 0 Å². The molecule has 0 heterocycles. The van der Waals surface area contributed by atoms with E-state index in [4.69, 9.17) is 44.3 Å². The van der Waals surface area contributed by atoms with Crippen LogP contribution in [0.4, 0.5) is 8.78 Å². The number of benzene rings is 1. The second-order valence-corrected chi connectivity index (χ2v) is 5.30. The van der Waals surface area contributed by atoms with Gasteiger partial charge in [0.1, 0.15) is 12.4 Å². The van der Waals surface area contributed by atoms with Crippen molar-refractivity contribution in [2.75, 3.05) is 19.8 Å². The molecule has 1 rings (SSSR count). The lowest BCUT2D eigenvalue weighted by atomic mass is 10.1. The first-order valence-electron chi connectivity index (χ1n) is 6.07. The van der Waals surface area contributed by atoms with Gasteiger partial charge in [-0.1, -0.05) is 23.2 Å². The van der Waals surface area contributed by atoms with Crippen LogP contribution in [0.5, 0.6) is 5.75 Å². The largest absolute Gasteiger partial charge is 0.492 e. The Balaban J connectivity index is 2.63. The van der Waals surface area contributed by atoms with Crippen LogP contribution in [0.3, 0.4) is 0 Å². The van der Waals surface area contributed by atoms with Crippen molar-refractivity contribution in [3.05, 3.63) is 27.7 Å². The molecule has 0 aromatic heterocycles. The lowest BCUT2D eigenvalue weighted by Gasteiger charge is -2.14. The topological polar surface area (TPSA) is 18.5 Å². The van der Waals surface area contributed by atoms with Gasteiger partial charge in [-0.15, -0.1) is 11.6 Å². The zero-order chi connectivity index (χ0) is 15.1. The maximum absolute atomic E-state index is 11.9. The van der Waals surface area contributed by atoms with E-state index in [1.54, 1.807) is 12.1 Å². The molecule has 20 heavy (non-hydrogen) atoms. The summed E-state index contributed by atoms with van der Waals surface area (Å²) >= 11 is 18.3. The zero-order valence-corrected chi connectivity index (χ0v) is 13.1. The van der Waals surface area contributed by atoms with Crippen molar-refractivity contribution in [3.8, 4) is 5.75 Å². The van der Waals surface area contributed by atoms with E-state index >= 15 is 0 Å². The van der Waals surface area contributed by atoms with Crippen LogP contribution >= 0.6 is 34.8 Å². The Morgan fingerprint density at radius 3 is 2.50 bits per heavy atom. The van der Waals surface area contributed by atoms with Gasteiger partial charge < -0.3 is 9.47 Å². The average Bonchev–Trinajstić information content (AvgIpc) is 2.38. The summed E-state index contributed by atoms with van der Waals surface area (Å²) < 4.78 is 33.9. The third-order valence-electron chi connectivity index (χ3n) is 2.45. The van der Waals surface area contributed by atoms with Crippen LogP contribution in [-0.4, -0.2) is 26.2 Å². The van der Waals surface area contributed by atoms with Gasteiger partial charge in [0.05, 0.1) is 17.0 Å². The van der Waals surface area contributed by atoms with Gasteiger partial charge in [-0.05, 0) is 25.0 Å². The highest BCUT2D eigenvalue weighted by atomic mass is 35.5. The Hall–Kier alpha value is -0.290. The second kappa shape index (κ2) is 8.88. The standard InChI is InChI=1S/C13H15Cl3F2O2/c1-2-20-12-6-10(15)8(5-11(12)16)9(14)3-4-19-7-13(17)18/h5-6,9,13H,2-4,7H2,1H3. The monoisotopic (exact) mass is 346 g/mol. The number of ether oxygens (including phenoxy) is 2. The molecule has 0 N–H and O–H groups in total. The Morgan fingerprint density at radius 1 is 1.20 bits per heavy atom. The van der Waals surface area contributed by atoms with Gasteiger partial charge in [-0.2, -0.15) is 0 Å². The van der Waals surface area contributed by atoms with Crippen LogP contribution < -0.4 is 4.74 Å². The van der Waals surface area contributed by atoms with Crippen LogP contribution in [0.1, 0.15) is 24.3 Å². The molecule has 0 radical (unpaired) electrons. The molecular weight excluding hydrogens is 332 g/mol. The van der Waals surface area contributed by atoms with E-state index in [0.29, 0.717) is 34.4 Å². The number of rotatable bonds is 8. The predicted octanol–water partition coefficient (Wildman–Crippen LogP) is 5.34. The molecule has 0 aliphatic heterocycles. The van der Waals surface area contributed by atoms with Gasteiger partial charge in [0, 0.05) is 17.7 Å². The quantitative estimate of drug-likeness (QED) is 0.466. The Morgan fingerprint density at radius 2 is 1.90 bits per heavy atom. The molecule has 7 heteroatoms. The van der Waals surface area contributed by atoms with E-state index in [2.05, 4.69) is 0 Å². The molecule has 1 aromatic rings. The van der Waals surface area contributed by atoms with Gasteiger partial charge in [0.15, 0.2) is 0 Å². The Kier molecular flexibility index (Phi) is 7.88. The molecule has 0 aliphatic carbocycles. The lowest BCUT2D eigenvalue weighted by molar-refractivity contribution is 0.0165. The van der Waals surface area contributed by atoms with Crippen LogP contribution in [-0.2, 0) is 4.74 Å². The molecule has 1 atom stereocenters. The first kappa shape index (κ1) is 17.8. The smallest absolute Gasteiger partial charge is 0.261 e. The zero-order valence-electron chi connectivity index (χ0n) is 10.8. The number of hydrogen-bond acceptors (Lipinski definition) is 2. The van der Waals surface area contributed by atoms with Gasteiger partial charge in [-0.3, -0.25) is 0 Å². The minimum absolute atomic E-state index is 0.125. The van der Waals surface area contributed by atoms with E-state index in [1.165, 1.54) is 0 Å². The third kappa shape index (κ3) is 5.60. The number of hydrogen-bond donors (Lipinski definition) is 0. The minimum Gasteiger partial charge on any atom is -0.492 e. The van der Waals surface area contributed by atoms with Crippen molar-refractivity contribution in [1.82, 2.24) is 0 Å². The molecule has 2 nitrogen and oxygen atoms in total. The fourth-order valence-corrected chi connectivity index (χ4v) is 2.40. The van der Waals surface area contributed by atoms with E-state index in [9.17, 15) is 8.78 Å². The summed E-state index contributed by atoms with van der Waals surface area (Å²) in [5.74, 6) is 0.487. The average molecular weight is 348 g/mol. The maximum Gasteiger partial charge on any atom is 0.261 e. The fourth-order valence-electron chi connectivity index (χ4n) is 1.56. The number of halogens is 5. The summed E-state index contributed by atoms with van der Waals surface area (Å²) in [5.41, 5.74) is 0.627. The maximum atomic E-state index is 11.9. The molecule has 0 aliphatic rings. The van der Waals surface area contributed by atoms with Crippen LogP contribution in [0.2, 0.25) is 10.0 Å². The van der Waals surface area contributed by atoms with Crippen molar-refractivity contribution in [2.45, 2.75) is 25.1 Å².